The lowest BCUT2D eigenvalue weighted by Crippen LogP contribution is -2.37. The minimum atomic E-state index is -5.65. The largest absolute Gasteiger partial charge is 0.447 e. The van der Waals surface area contributed by atoms with Crippen LogP contribution in [-0.2, 0) is 94.4 Å². The van der Waals surface area contributed by atoms with Crippen LogP contribution in [0.25, 0.3) is 6.08 Å². The second-order valence-corrected chi connectivity index (χ2v) is 20.3. The topological polar surface area (TPSA) is 334 Å². The Hall–Kier alpha value is -6.40. The van der Waals surface area contributed by atoms with Crippen LogP contribution in [0.4, 0.5) is 28.0 Å². The second kappa shape index (κ2) is 42.5. The van der Waals surface area contributed by atoms with Crippen molar-refractivity contribution in [3.05, 3.63) is 81.9 Å². The van der Waals surface area contributed by atoms with Gasteiger partial charge in [0, 0.05) is 55.9 Å². The monoisotopic (exact) mass is 1280 g/mol. The first-order valence-electron chi connectivity index (χ1n) is 28.3. The zero-order chi connectivity index (χ0) is 63.9. The molecule has 0 unspecified atom stereocenters. The van der Waals surface area contributed by atoms with Crippen molar-refractivity contribution in [2.24, 2.45) is 10.7 Å². The molecule has 0 saturated carbocycles. The molecule has 3 aromatic rings. The Balaban J connectivity index is 0.887. The zero-order valence-electron chi connectivity index (χ0n) is 49.5. The highest BCUT2D eigenvalue weighted by Crippen LogP contribution is 2.33. The van der Waals surface area contributed by atoms with Gasteiger partial charge < -0.3 is 73.2 Å². The molecule has 0 spiro atoms. The van der Waals surface area contributed by atoms with Crippen molar-refractivity contribution in [1.82, 2.24) is 25.7 Å². The Morgan fingerprint density at radius 1 is 0.659 bits per heavy atom. The number of nitrogens with zero attached hydrogens (tertiary/aromatic N) is 4. The maximum Gasteiger partial charge on any atom is 0.407 e. The van der Waals surface area contributed by atoms with Gasteiger partial charge in [-0.2, -0.15) is 17.2 Å². The third-order valence-electron chi connectivity index (χ3n) is 11.5. The van der Waals surface area contributed by atoms with Gasteiger partial charge in [-0.3, -0.25) is 23.8 Å². The van der Waals surface area contributed by atoms with Crippen molar-refractivity contribution in [3.63, 3.8) is 0 Å². The number of hydroxylamine groups is 2. The summed E-state index contributed by atoms with van der Waals surface area (Å²) in [5.74, 6) is -12.5. The lowest BCUT2D eigenvalue weighted by atomic mass is 10.0. The molecule has 0 bridgehead atoms. The van der Waals surface area contributed by atoms with Crippen LogP contribution in [0.3, 0.4) is 0 Å². The number of nitrogens with one attached hydrogen (secondary N) is 2. The van der Waals surface area contributed by atoms with E-state index in [-0.39, 0.29) is 95.9 Å². The number of esters is 1. The SMILES string of the molecule is CCCN(OCCNC(=O)OC(C)C)C(=O)C1=Cc2cc(Cc3cnc(CNC(=O)CCOCCOCCOCCOCCOCCOCCOCCOCCOCCOCCC(=O)Oc4c(F)c(F)c(S(=O)(=O)O)c(F)c4F)nc3)ccc2N=C(N)C1. The standard InChI is InChI=1S/C56H79F4N7O20S/c1-4-10-67(85-13-9-62-56(71)86-39(2)3)55(70)43-34-42-33-40(5-6-44(42)66-45(61)35-43)32-41-36-63-46(64-37-41)38-65-47(68)7-11-75-14-16-77-18-20-79-22-24-81-26-28-83-30-31-84-29-27-82-25-23-80-21-19-78-17-15-76-12-8-48(69)87-53-49(57)51(59)54(88(72,73)74)52(60)50(53)58/h5-6,33-34,36-37,39H,4,7-32,35,38H2,1-3H3,(H2,61,66)(H,62,71)(H,65,68)(H,72,73,74). The first-order chi connectivity index (χ1) is 42.4. The van der Waals surface area contributed by atoms with Crippen molar-refractivity contribution >= 4 is 51.6 Å². The number of halogens is 4. The van der Waals surface area contributed by atoms with E-state index in [1.54, 1.807) is 32.3 Å². The number of fused-ring (bicyclic) bond motifs is 1. The number of amidine groups is 1. The van der Waals surface area contributed by atoms with Crippen molar-refractivity contribution in [2.75, 3.05) is 152 Å². The number of aliphatic imine (C=N–C) groups is 1. The number of amides is 3. The molecule has 4 rings (SSSR count). The molecule has 5 N–H and O–H groups in total. The molecule has 32 heteroatoms. The lowest BCUT2D eigenvalue weighted by Gasteiger charge is -2.22. The third-order valence-corrected chi connectivity index (χ3v) is 12.4. The molecule has 0 radical (unpaired) electrons. The number of alkyl carbamates (subject to hydrolysis) is 1. The third kappa shape index (κ3) is 29.7. The molecule has 1 aliphatic heterocycles. The zero-order valence-corrected chi connectivity index (χ0v) is 50.4. The highest BCUT2D eigenvalue weighted by Gasteiger charge is 2.34. The number of hydrogen-bond acceptors (Lipinski definition) is 23. The number of carbonyl (C=O) groups is 4. The van der Waals surface area contributed by atoms with E-state index in [0.717, 1.165) is 16.7 Å². The van der Waals surface area contributed by atoms with Crippen LogP contribution in [0.2, 0.25) is 0 Å². The molecule has 1 aliphatic rings. The smallest absolute Gasteiger partial charge is 0.407 e. The van der Waals surface area contributed by atoms with E-state index in [2.05, 4.69) is 30.3 Å². The van der Waals surface area contributed by atoms with E-state index in [9.17, 15) is 45.2 Å². The normalized spacial score (nSPS) is 12.3. The predicted molar refractivity (Wildman–Crippen MR) is 304 cm³/mol. The summed E-state index contributed by atoms with van der Waals surface area (Å²) in [6, 6.07) is 5.71. The molecular weight excluding hydrogens is 1200 g/mol. The maximum atomic E-state index is 14.0. The van der Waals surface area contributed by atoms with Gasteiger partial charge in [0.25, 0.3) is 5.91 Å². The molecule has 0 saturated heterocycles. The summed E-state index contributed by atoms with van der Waals surface area (Å²) in [5.41, 5.74) is 9.76. The summed E-state index contributed by atoms with van der Waals surface area (Å²) in [6.45, 7) is 11.7. The molecule has 0 fully saturated rings. The van der Waals surface area contributed by atoms with E-state index in [1.165, 1.54) is 5.06 Å². The first-order valence-corrected chi connectivity index (χ1v) is 29.8. The van der Waals surface area contributed by atoms with Gasteiger partial charge in [0.15, 0.2) is 16.5 Å². The van der Waals surface area contributed by atoms with Gasteiger partial charge >= 0.3 is 22.2 Å². The molecule has 88 heavy (non-hydrogen) atoms. The molecular formula is C56H79F4N7O20S. The number of hydrogen-bond donors (Lipinski definition) is 4. The predicted octanol–water partition coefficient (Wildman–Crippen LogP) is 4.12. The fraction of sp³-hybridized carbons (Fsp3) is 0.589. The first kappa shape index (κ1) is 74.1. The van der Waals surface area contributed by atoms with Gasteiger partial charge in [0.05, 0.1) is 164 Å². The van der Waals surface area contributed by atoms with Crippen LogP contribution >= 0.6 is 0 Å². The van der Waals surface area contributed by atoms with Crippen LogP contribution < -0.4 is 21.1 Å². The number of nitrogens with two attached hydrogens (primary N) is 1. The molecule has 0 aliphatic carbocycles. The molecule has 2 heterocycles. The Morgan fingerprint density at radius 2 is 1.14 bits per heavy atom. The van der Waals surface area contributed by atoms with Gasteiger partial charge in [-0.25, -0.2) is 33.6 Å². The minimum Gasteiger partial charge on any atom is -0.447 e. The quantitative estimate of drug-likeness (QED) is 0.0117. The molecule has 1 aromatic heterocycles. The van der Waals surface area contributed by atoms with Gasteiger partial charge in [-0.15, -0.1) is 0 Å². The van der Waals surface area contributed by atoms with Crippen molar-refractivity contribution in [2.45, 2.75) is 70.4 Å². The summed E-state index contributed by atoms with van der Waals surface area (Å²) >= 11 is 0. The minimum absolute atomic E-state index is 0.0124. The van der Waals surface area contributed by atoms with Crippen LogP contribution in [0, 0.1) is 23.3 Å². The number of carbonyl (C=O) groups excluding carboxylic acids is 4. The van der Waals surface area contributed by atoms with Crippen molar-refractivity contribution < 1.29 is 111 Å². The van der Waals surface area contributed by atoms with Crippen LogP contribution in [0.15, 0.2) is 46.1 Å². The average molecular weight is 1280 g/mol. The second-order valence-electron chi connectivity index (χ2n) is 18.9. The maximum absolute atomic E-state index is 14.0. The van der Waals surface area contributed by atoms with Crippen molar-refractivity contribution in [1.29, 1.82) is 0 Å². The summed E-state index contributed by atoms with van der Waals surface area (Å²) < 4.78 is 150. The van der Waals surface area contributed by atoms with E-state index in [0.29, 0.717) is 129 Å². The highest BCUT2D eigenvalue weighted by molar-refractivity contribution is 7.85. The number of aromatic nitrogens is 2. The highest BCUT2D eigenvalue weighted by atomic mass is 32.2. The average Bonchev–Trinajstić information content (AvgIpc) is 1.13. The van der Waals surface area contributed by atoms with Crippen molar-refractivity contribution in [3.8, 4) is 5.75 Å². The fourth-order valence-electron chi connectivity index (χ4n) is 7.39. The lowest BCUT2D eigenvalue weighted by molar-refractivity contribution is -0.181. The molecule has 3 amide bonds. The molecule has 492 valence electrons. The van der Waals surface area contributed by atoms with Gasteiger partial charge in [-0.1, -0.05) is 13.0 Å². The Labute approximate surface area is 507 Å². The Bertz CT molecular complexity index is 2760. The molecule has 2 aromatic carbocycles. The van der Waals surface area contributed by atoms with E-state index >= 15 is 0 Å². The van der Waals surface area contributed by atoms with Gasteiger partial charge in [0.2, 0.25) is 23.3 Å². The summed E-state index contributed by atoms with van der Waals surface area (Å²) in [5, 5.41) is 6.68. The van der Waals surface area contributed by atoms with Gasteiger partial charge in [0.1, 0.15) is 11.7 Å². The molecule has 0 atom stereocenters. The number of ether oxygens (including phenoxy) is 12. The summed E-state index contributed by atoms with van der Waals surface area (Å²) in [4.78, 5) is 66.6. The van der Waals surface area contributed by atoms with E-state index in [1.807, 2.05) is 25.1 Å². The number of rotatable bonds is 47. The van der Waals surface area contributed by atoms with Crippen LogP contribution in [-0.4, -0.2) is 216 Å². The van der Waals surface area contributed by atoms with E-state index < -0.39 is 62.5 Å². The number of benzene rings is 2. The van der Waals surface area contributed by atoms with E-state index in [4.69, 9.17) is 67.2 Å². The summed E-state index contributed by atoms with van der Waals surface area (Å²) in [6.07, 6.45) is 5.19. The summed E-state index contributed by atoms with van der Waals surface area (Å²) in [7, 11) is -5.65. The molecule has 27 nitrogen and oxygen atoms in total. The Morgan fingerprint density at radius 3 is 1.60 bits per heavy atom. The van der Waals surface area contributed by atoms with Gasteiger partial charge in [-0.05, 0) is 49.6 Å². The fourth-order valence-corrected chi connectivity index (χ4v) is 8.02. The van der Waals surface area contributed by atoms with Crippen LogP contribution in [0.1, 0.15) is 69.0 Å². The van der Waals surface area contributed by atoms with Crippen LogP contribution in [0.5, 0.6) is 5.75 Å². The Kier molecular flexibility index (Phi) is 35.8.